The van der Waals surface area contributed by atoms with Crippen LogP contribution in [0.1, 0.15) is 117 Å². The molecule has 4 nitrogen and oxygen atoms in total. The van der Waals surface area contributed by atoms with E-state index in [0.29, 0.717) is 19.1 Å². The highest BCUT2D eigenvalue weighted by Crippen LogP contribution is 2.30. The van der Waals surface area contributed by atoms with Crippen molar-refractivity contribution >= 4 is 11.9 Å². The summed E-state index contributed by atoms with van der Waals surface area (Å²) in [5, 5.41) is 0. The molecule has 0 radical (unpaired) electrons. The van der Waals surface area contributed by atoms with Crippen molar-refractivity contribution in [3.8, 4) is 0 Å². The Kier molecular flexibility index (Phi) is 15.0. The number of carbonyl (C=O) groups excluding carboxylic acids is 2. The van der Waals surface area contributed by atoms with Gasteiger partial charge < -0.3 is 9.47 Å². The van der Waals surface area contributed by atoms with Crippen LogP contribution in [0.5, 0.6) is 0 Å². The van der Waals surface area contributed by atoms with Crippen molar-refractivity contribution < 1.29 is 19.1 Å². The van der Waals surface area contributed by atoms with Gasteiger partial charge in [-0.25, -0.2) is 0 Å². The number of hydrogen-bond acceptors (Lipinski definition) is 4. The van der Waals surface area contributed by atoms with Crippen LogP contribution in [0.4, 0.5) is 0 Å². The van der Waals surface area contributed by atoms with Gasteiger partial charge in [0.05, 0.1) is 25.0 Å². The van der Waals surface area contributed by atoms with Crippen LogP contribution in [0.15, 0.2) is 0 Å². The molecule has 1 aliphatic carbocycles. The molecule has 0 aromatic rings. The predicted octanol–water partition coefficient (Wildman–Crippen LogP) is 6.85. The topological polar surface area (TPSA) is 52.6 Å². The van der Waals surface area contributed by atoms with E-state index in [9.17, 15) is 9.59 Å². The van der Waals surface area contributed by atoms with Crippen molar-refractivity contribution in [2.75, 3.05) is 13.2 Å². The number of ether oxygens (including phenoxy) is 2. The lowest BCUT2D eigenvalue weighted by molar-refractivity contribution is -0.155. The summed E-state index contributed by atoms with van der Waals surface area (Å²) in [5.41, 5.74) is 0. The van der Waals surface area contributed by atoms with Crippen LogP contribution in [-0.2, 0) is 19.1 Å². The van der Waals surface area contributed by atoms with Gasteiger partial charge in [-0.2, -0.15) is 0 Å². The van der Waals surface area contributed by atoms with Crippen LogP contribution in [0.25, 0.3) is 0 Å². The summed E-state index contributed by atoms with van der Waals surface area (Å²) >= 11 is 0. The minimum Gasteiger partial charge on any atom is -0.465 e. The molecule has 170 valence electrons. The molecule has 0 atom stereocenters. The molecule has 1 aliphatic rings. The second-order valence-corrected chi connectivity index (χ2v) is 9.25. The minimum atomic E-state index is -0.0692. The summed E-state index contributed by atoms with van der Waals surface area (Å²) in [6.07, 6.45) is 16.2. The number of hydrogen-bond donors (Lipinski definition) is 0. The Morgan fingerprint density at radius 1 is 0.690 bits per heavy atom. The molecule has 0 N–H and O–H groups in total. The summed E-state index contributed by atoms with van der Waals surface area (Å²) in [6.45, 7) is 7.75. The molecule has 0 heterocycles. The molecule has 1 fully saturated rings. The van der Waals surface area contributed by atoms with Crippen molar-refractivity contribution in [1.29, 1.82) is 0 Å². The molecule has 0 spiro atoms. The van der Waals surface area contributed by atoms with E-state index in [4.69, 9.17) is 9.47 Å². The van der Waals surface area contributed by atoms with Gasteiger partial charge in [0.1, 0.15) is 0 Å². The molecule has 0 amide bonds. The first-order chi connectivity index (χ1) is 14.0. The maximum atomic E-state index is 12.2. The lowest BCUT2D eigenvalue weighted by Crippen LogP contribution is -2.28. The van der Waals surface area contributed by atoms with Crippen LogP contribution in [0, 0.1) is 17.8 Å². The minimum absolute atomic E-state index is 0.0286. The molecule has 29 heavy (non-hydrogen) atoms. The first-order valence-corrected chi connectivity index (χ1v) is 12.4. The first-order valence-electron chi connectivity index (χ1n) is 12.4. The van der Waals surface area contributed by atoms with Crippen LogP contribution in [0.2, 0.25) is 0 Å². The predicted molar refractivity (Wildman–Crippen MR) is 119 cm³/mol. The van der Waals surface area contributed by atoms with Gasteiger partial charge in [0.2, 0.25) is 0 Å². The fraction of sp³-hybridized carbons (Fsp3) is 0.920. The van der Waals surface area contributed by atoms with Gasteiger partial charge in [-0.1, -0.05) is 72.1 Å². The zero-order valence-electron chi connectivity index (χ0n) is 19.4. The summed E-state index contributed by atoms with van der Waals surface area (Å²) in [4.78, 5) is 24.4. The van der Waals surface area contributed by atoms with E-state index in [-0.39, 0.29) is 23.8 Å². The molecule has 1 saturated carbocycles. The zero-order valence-corrected chi connectivity index (χ0v) is 19.4. The average molecular weight is 411 g/mol. The molecule has 0 bridgehead atoms. The van der Waals surface area contributed by atoms with E-state index in [1.54, 1.807) is 0 Å². The number of esters is 2. The number of unbranched alkanes of at least 4 members (excludes halogenated alkanes) is 8. The molecule has 0 aromatic heterocycles. The normalized spacial score (nSPS) is 19.3. The maximum Gasteiger partial charge on any atom is 0.308 e. The second kappa shape index (κ2) is 16.7. The van der Waals surface area contributed by atoms with Crippen molar-refractivity contribution in [2.24, 2.45) is 17.8 Å². The molecule has 0 aromatic carbocycles. The smallest absolute Gasteiger partial charge is 0.308 e. The quantitative estimate of drug-likeness (QED) is 0.206. The molecule has 1 rings (SSSR count). The summed E-state index contributed by atoms with van der Waals surface area (Å²) < 4.78 is 10.9. The van der Waals surface area contributed by atoms with Gasteiger partial charge in [0, 0.05) is 0 Å². The highest BCUT2D eigenvalue weighted by Gasteiger charge is 2.31. The van der Waals surface area contributed by atoms with Gasteiger partial charge >= 0.3 is 11.9 Å². The average Bonchev–Trinajstić information content (AvgIpc) is 2.72. The number of carbonyl (C=O) groups is 2. The van der Waals surface area contributed by atoms with E-state index in [2.05, 4.69) is 20.8 Å². The van der Waals surface area contributed by atoms with Crippen molar-refractivity contribution in [1.82, 2.24) is 0 Å². The van der Waals surface area contributed by atoms with Crippen molar-refractivity contribution in [3.63, 3.8) is 0 Å². The monoisotopic (exact) mass is 410 g/mol. The van der Waals surface area contributed by atoms with Gasteiger partial charge in [-0.15, -0.1) is 0 Å². The molecule has 0 saturated heterocycles. The summed E-state index contributed by atoms with van der Waals surface area (Å²) in [5.74, 6) is 0.515. The largest absolute Gasteiger partial charge is 0.465 e. The Morgan fingerprint density at radius 3 is 1.55 bits per heavy atom. The van der Waals surface area contributed by atoms with Crippen LogP contribution < -0.4 is 0 Å². The standard InChI is InChI=1S/C25H46O4/c1-4-5-6-7-8-9-10-12-19-28-24(26)22-15-17-23(18-16-22)25(27)29-20-13-11-14-21(2)3/h21-23H,4-20H2,1-3H3. The van der Waals surface area contributed by atoms with Gasteiger partial charge in [-0.3, -0.25) is 9.59 Å². The third-order valence-electron chi connectivity index (χ3n) is 6.06. The van der Waals surface area contributed by atoms with E-state index in [1.807, 2.05) is 0 Å². The summed E-state index contributed by atoms with van der Waals surface area (Å²) in [6, 6.07) is 0. The van der Waals surface area contributed by atoms with E-state index < -0.39 is 0 Å². The van der Waals surface area contributed by atoms with E-state index in [1.165, 1.54) is 44.9 Å². The molecule has 0 unspecified atom stereocenters. The lowest BCUT2D eigenvalue weighted by Gasteiger charge is -2.26. The van der Waals surface area contributed by atoms with Crippen LogP contribution in [0.3, 0.4) is 0 Å². The first kappa shape index (κ1) is 26.0. The molecular weight excluding hydrogens is 364 g/mol. The Hall–Kier alpha value is -1.06. The fourth-order valence-electron chi connectivity index (χ4n) is 4.04. The van der Waals surface area contributed by atoms with Crippen molar-refractivity contribution in [2.45, 2.75) is 117 Å². The highest BCUT2D eigenvalue weighted by atomic mass is 16.5. The van der Waals surface area contributed by atoms with E-state index >= 15 is 0 Å². The Balaban J connectivity index is 2.02. The second-order valence-electron chi connectivity index (χ2n) is 9.25. The van der Waals surface area contributed by atoms with Gasteiger partial charge in [-0.05, 0) is 50.9 Å². The van der Waals surface area contributed by atoms with Gasteiger partial charge in [0.25, 0.3) is 0 Å². The third kappa shape index (κ3) is 13.0. The molecular formula is C25H46O4. The number of rotatable bonds is 16. The molecule has 0 aliphatic heterocycles. The summed E-state index contributed by atoms with van der Waals surface area (Å²) in [7, 11) is 0. The van der Waals surface area contributed by atoms with Gasteiger partial charge in [0.15, 0.2) is 0 Å². The fourth-order valence-corrected chi connectivity index (χ4v) is 4.04. The SMILES string of the molecule is CCCCCCCCCCOC(=O)C1CCC(C(=O)OCCCCC(C)C)CC1. The lowest BCUT2D eigenvalue weighted by atomic mass is 9.82. The van der Waals surface area contributed by atoms with Crippen LogP contribution >= 0.6 is 0 Å². The van der Waals surface area contributed by atoms with E-state index in [0.717, 1.165) is 51.4 Å². The maximum absolute atomic E-state index is 12.2. The van der Waals surface area contributed by atoms with Crippen LogP contribution in [-0.4, -0.2) is 25.2 Å². The Morgan fingerprint density at radius 2 is 1.10 bits per heavy atom. The zero-order chi connectivity index (χ0) is 21.3. The third-order valence-corrected chi connectivity index (χ3v) is 6.06. The molecule has 4 heteroatoms. The highest BCUT2D eigenvalue weighted by molar-refractivity contribution is 5.75. The Bertz CT molecular complexity index is 425. The van der Waals surface area contributed by atoms with Crippen molar-refractivity contribution in [3.05, 3.63) is 0 Å². The Labute approximate surface area is 179 Å².